The van der Waals surface area contributed by atoms with Gasteiger partial charge in [-0.25, -0.2) is 0 Å². The molecule has 1 aliphatic heterocycles. The number of hydrogen-bond acceptors (Lipinski definition) is 4. The summed E-state index contributed by atoms with van der Waals surface area (Å²) in [5.41, 5.74) is 0.703. The molecule has 0 spiro atoms. The number of ether oxygens (including phenoxy) is 1. The van der Waals surface area contributed by atoms with Crippen LogP contribution in [-0.4, -0.2) is 37.1 Å². The zero-order valence-electron chi connectivity index (χ0n) is 13.2. The SMILES string of the molecule is N#C/C(=C\c1ccc(-c2ccc(Cl)cc2Cl)o1)C(=O)N1CCOCC1. The van der Waals surface area contributed by atoms with Crippen molar-refractivity contribution < 1.29 is 13.9 Å². The molecule has 0 N–H and O–H groups in total. The van der Waals surface area contributed by atoms with Gasteiger partial charge >= 0.3 is 0 Å². The van der Waals surface area contributed by atoms with Gasteiger partial charge in [-0.2, -0.15) is 5.26 Å². The van der Waals surface area contributed by atoms with Crippen molar-refractivity contribution in [2.75, 3.05) is 26.3 Å². The normalized spacial score (nSPS) is 15.1. The molecule has 0 unspecified atom stereocenters. The molecule has 5 nitrogen and oxygen atoms in total. The van der Waals surface area contributed by atoms with E-state index in [0.717, 1.165) is 0 Å². The number of benzene rings is 1. The van der Waals surface area contributed by atoms with Crippen molar-refractivity contribution in [1.82, 2.24) is 4.90 Å². The summed E-state index contributed by atoms with van der Waals surface area (Å²) in [5.74, 6) is 0.608. The highest BCUT2D eigenvalue weighted by Gasteiger charge is 2.21. The monoisotopic (exact) mass is 376 g/mol. The third-order valence-corrected chi connectivity index (χ3v) is 4.31. The van der Waals surface area contributed by atoms with Crippen LogP contribution in [0.3, 0.4) is 0 Å². The Labute approximate surface area is 155 Å². The molecule has 0 aliphatic carbocycles. The zero-order valence-corrected chi connectivity index (χ0v) is 14.7. The summed E-state index contributed by atoms with van der Waals surface area (Å²) < 4.78 is 10.9. The highest BCUT2D eigenvalue weighted by molar-refractivity contribution is 6.36. The lowest BCUT2D eigenvalue weighted by atomic mass is 10.2. The van der Waals surface area contributed by atoms with Crippen molar-refractivity contribution in [3.8, 4) is 17.4 Å². The van der Waals surface area contributed by atoms with Gasteiger partial charge in [0, 0.05) is 29.8 Å². The second-order valence-electron chi connectivity index (χ2n) is 5.40. The molecule has 0 saturated carbocycles. The number of morpholine rings is 1. The lowest BCUT2D eigenvalue weighted by Gasteiger charge is -2.26. The molecular formula is C18H14Cl2N2O3. The van der Waals surface area contributed by atoms with Crippen molar-refractivity contribution in [1.29, 1.82) is 5.26 Å². The number of carbonyl (C=O) groups is 1. The molecule has 1 aromatic carbocycles. The molecule has 2 heterocycles. The Hall–Kier alpha value is -2.26. The van der Waals surface area contributed by atoms with Gasteiger partial charge in [-0.1, -0.05) is 23.2 Å². The fourth-order valence-corrected chi connectivity index (χ4v) is 2.99. The number of nitrogens with zero attached hydrogens (tertiary/aromatic N) is 2. The lowest BCUT2D eigenvalue weighted by Crippen LogP contribution is -2.41. The molecule has 25 heavy (non-hydrogen) atoms. The fourth-order valence-electron chi connectivity index (χ4n) is 2.49. The second-order valence-corrected chi connectivity index (χ2v) is 6.24. The van der Waals surface area contributed by atoms with E-state index in [-0.39, 0.29) is 11.5 Å². The predicted octanol–water partition coefficient (Wildman–Crippen LogP) is 4.02. The van der Waals surface area contributed by atoms with E-state index >= 15 is 0 Å². The Kier molecular flexibility index (Phi) is 5.44. The number of nitriles is 1. The van der Waals surface area contributed by atoms with Crippen LogP contribution in [0.15, 0.2) is 40.3 Å². The lowest BCUT2D eigenvalue weighted by molar-refractivity contribution is -0.130. The number of carbonyl (C=O) groups excluding carboxylic acids is 1. The molecule has 1 fully saturated rings. The first-order valence-corrected chi connectivity index (χ1v) is 8.38. The summed E-state index contributed by atoms with van der Waals surface area (Å²) in [5, 5.41) is 10.3. The van der Waals surface area contributed by atoms with Crippen molar-refractivity contribution in [3.05, 3.63) is 51.7 Å². The molecular weight excluding hydrogens is 363 g/mol. The topological polar surface area (TPSA) is 66.5 Å². The molecule has 128 valence electrons. The standard InChI is InChI=1S/C18H14Cl2N2O3/c19-13-1-3-15(16(20)10-13)17-4-2-14(25-17)9-12(11-21)18(23)22-5-7-24-8-6-22/h1-4,9-10H,5-8H2/b12-9+. The van der Waals surface area contributed by atoms with Crippen LogP contribution in [0.5, 0.6) is 0 Å². The Bertz CT molecular complexity index is 861. The Morgan fingerprint density at radius 2 is 1.96 bits per heavy atom. The van der Waals surface area contributed by atoms with E-state index < -0.39 is 0 Å². The minimum Gasteiger partial charge on any atom is -0.457 e. The zero-order chi connectivity index (χ0) is 17.8. The maximum atomic E-state index is 12.4. The highest BCUT2D eigenvalue weighted by atomic mass is 35.5. The summed E-state index contributed by atoms with van der Waals surface area (Å²) in [6, 6.07) is 10.4. The van der Waals surface area contributed by atoms with Gasteiger partial charge in [0.25, 0.3) is 5.91 Å². The first kappa shape index (κ1) is 17.6. The van der Waals surface area contributed by atoms with Crippen LogP contribution in [0, 0.1) is 11.3 Å². The van der Waals surface area contributed by atoms with Crippen molar-refractivity contribution >= 4 is 35.2 Å². The Balaban J connectivity index is 1.84. The molecule has 2 aromatic rings. The molecule has 0 radical (unpaired) electrons. The Morgan fingerprint density at radius 1 is 1.20 bits per heavy atom. The van der Waals surface area contributed by atoms with Crippen LogP contribution in [0.25, 0.3) is 17.4 Å². The molecule has 1 saturated heterocycles. The number of hydrogen-bond donors (Lipinski definition) is 0. The largest absolute Gasteiger partial charge is 0.457 e. The predicted molar refractivity (Wildman–Crippen MR) is 95.2 cm³/mol. The summed E-state index contributed by atoms with van der Waals surface area (Å²) in [6.45, 7) is 1.90. The van der Waals surface area contributed by atoms with Crippen LogP contribution >= 0.6 is 23.2 Å². The highest BCUT2D eigenvalue weighted by Crippen LogP contribution is 2.32. The van der Waals surface area contributed by atoms with Crippen LogP contribution in [-0.2, 0) is 9.53 Å². The van der Waals surface area contributed by atoms with Crippen LogP contribution < -0.4 is 0 Å². The van der Waals surface area contributed by atoms with Gasteiger partial charge in [0.1, 0.15) is 23.2 Å². The molecule has 0 bridgehead atoms. The smallest absolute Gasteiger partial charge is 0.264 e. The second kappa shape index (κ2) is 7.75. The summed E-state index contributed by atoms with van der Waals surface area (Å²) in [7, 11) is 0. The maximum Gasteiger partial charge on any atom is 0.264 e. The van der Waals surface area contributed by atoms with Gasteiger partial charge in [0.05, 0.1) is 18.2 Å². The van der Waals surface area contributed by atoms with Gasteiger partial charge in [-0.3, -0.25) is 4.79 Å². The summed E-state index contributed by atoms with van der Waals surface area (Å²) >= 11 is 12.1. The van der Waals surface area contributed by atoms with Gasteiger partial charge in [0.2, 0.25) is 0 Å². The fraction of sp³-hybridized carbons (Fsp3) is 0.222. The van der Waals surface area contributed by atoms with Gasteiger partial charge in [-0.15, -0.1) is 0 Å². The molecule has 1 aromatic heterocycles. The molecule has 7 heteroatoms. The van der Waals surface area contributed by atoms with Gasteiger partial charge in [0.15, 0.2) is 0 Å². The number of rotatable bonds is 3. The van der Waals surface area contributed by atoms with Crippen LogP contribution in [0.2, 0.25) is 10.0 Å². The quantitative estimate of drug-likeness (QED) is 0.599. The van der Waals surface area contributed by atoms with Crippen LogP contribution in [0.4, 0.5) is 0 Å². The first-order valence-electron chi connectivity index (χ1n) is 7.62. The average Bonchev–Trinajstić information content (AvgIpc) is 3.08. The van der Waals surface area contributed by atoms with E-state index in [1.54, 1.807) is 35.2 Å². The summed E-state index contributed by atoms with van der Waals surface area (Å²) in [6.07, 6.45) is 1.44. The van der Waals surface area contributed by atoms with E-state index in [1.165, 1.54) is 6.08 Å². The van der Waals surface area contributed by atoms with Crippen molar-refractivity contribution in [2.24, 2.45) is 0 Å². The van der Waals surface area contributed by atoms with Crippen LogP contribution in [0.1, 0.15) is 5.76 Å². The minimum atomic E-state index is -0.326. The molecule has 3 rings (SSSR count). The number of amides is 1. The number of halogens is 2. The third-order valence-electron chi connectivity index (χ3n) is 3.76. The van der Waals surface area contributed by atoms with E-state index in [1.807, 2.05) is 6.07 Å². The van der Waals surface area contributed by atoms with E-state index in [0.29, 0.717) is 53.4 Å². The average molecular weight is 377 g/mol. The minimum absolute atomic E-state index is 0.0185. The number of furan rings is 1. The Morgan fingerprint density at radius 3 is 2.64 bits per heavy atom. The van der Waals surface area contributed by atoms with E-state index in [9.17, 15) is 10.1 Å². The van der Waals surface area contributed by atoms with Gasteiger partial charge in [-0.05, 0) is 30.3 Å². The maximum absolute atomic E-state index is 12.4. The third kappa shape index (κ3) is 4.05. The van der Waals surface area contributed by atoms with E-state index in [4.69, 9.17) is 32.4 Å². The van der Waals surface area contributed by atoms with Crippen molar-refractivity contribution in [2.45, 2.75) is 0 Å². The first-order chi connectivity index (χ1) is 12.1. The van der Waals surface area contributed by atoms with E-state index in [2.05, 4.69) is 0 Å². The summed E-state index contributed by atoms with van der Waals surface area (Å²) in [4.78, 5) is 14.0. The molecule has 0 atom stereocenters. The molecule has 1 amide bonds. The van der Waals surface area contributed by atoms with Gasteiger partial charge < -0.3 is 14.1 Å². The van der Waals surface area contributed by atoms with Crippen molar-refractivity contribution in [3.63, 3.8) is 0 Å². The molecule has 1 aliphatic rings.